The fraction of sp³-hybridized carbons (Fsp3) is 0.909. The van der Waals surface area contributed by atoms with Crippen LogP contribution in [0.25, 0.3) is 0 Å². The van der Waals surface area contributed by atoms with Gasteiger partial charge in [0.15, 0.2) is 0 Å². The minimum Gasteiger partial charge on any atom is -0.481 e. The number of aliphatic carboxylic acids is 1. The molecule has 1 aliphatic rings. The fourth-order valence-corrected chi connectivity index (χ4v) is 2.17. The van der Waals surface area contributed by atoms with Crippen LogP contribution < -0.4 is 5.32 Å². The lowest BCUT2D eigenvalue weighted by Crippen LogP contribution is -2.38. The van der Waals surface area contributed by atoms with E-state index in [-0.39, 0.29) is 11.8 Å². The van der Waals surface area contributed by atoms with Crippen LogP contribution in [0, 0.1) is 11.8 Å². The Bertz CT molecular complexity index is 222. The molecular formula is C11H21NO3. The van der Waals surface area contributed by atoms with E-state index in [9.17, 15) is 9.90 Å². The summed E-state index contributed by atoms with van der Waals surface area (Å²) in [6.45, 7) is 4.68. The number of carbonyl (C=O) groups is 1. The molecule has 2 unspecified atom stereocenters. The van der Waals surface area contributed by atoms with E-state index in [2.05, 4.69) is 5.32 Å². The molecule has 0 bridgehead atoms. The van der Waals surface area contributed by atoms with Crippen molar-refractivity contribution in [3.05, 3.63) is 0 Å². The van der Waals surface area contributed by atoms with Crippen molar-refractivity contribution in [3.63, 3.8) is 0 Å². The molecule has 0 spiro atoms. The maximum atomic E-state index is 10.9. The molecule has 4 heteroatoms. The number of hydrogen-bond acceptors (Lipinski definition) is 3. The summed E-state index contributed by atoms with van der Waals surface area (Å²) in [5, 5.41) is 21.6. The summed E-state index contributed by atoms with van der Waals surface area (Å²) >= 11 is 0. The summed E-state index contributed by atoms with van der Waals surface area (Å²) in [6.07, 6.45) is 2.78. The summed E-state index contributed by atoms with van der Waals surface area (Å²) in [7, 11) is 0. The Labute approximate surface area is 90.7 Å². The number of hydrogen-bond donors (Lipinski definition) is 3. The van der Waals surface area contributed by atoms with Crippen LogP contribution in [0.3, 0.4) is 0 Å². The normalized spacial score (nSPS) is 26.9. The lowest BCUT2D eigenvalue weighted by Gasteiger charge is -2.21. The molecule has 1 fully saturated rings. The van der Waals surface area contributed by atoms with Gasteiger partial charge in [0, 0.05) is 6.54 Å². The predicted octanol–water partition coefficient (Wildman–Crippen LogP) is 0.848. The number of carboxylic acids is 1. The van der Waals surface area contributed by atoms with Gasteiger partial charge in [-0.15, -0.1) is 0 Å². The second kappa shape index (κ2) is 4.94. The maximum absolute atomic E-state index is 10.9. The molecule has 0 aliphatic heterocycles. The van der Waals surface area contributed by atoms with E-state index >= 15 is 0 Å². The molecule has 2 atom stereocenters. The zero-order valence-corrected chi connectivity index (χ0v) is 9.49. The Morgan fingerprint density at radius 1 is 1.47 bits per heavy atom. The Kier molecular flexibility index (Phi) is 4.11. The van der Waals surface area contributed by atoms with Crippen LogP contribution in [-0.4, -0.2) is 34.9 Å². The summed E-state index contributed by atoms with van der Waals surface area (Å²) in [5.74, 6) is -0.647. The number of carboxylic acid groups (broad SMARTS) is 1. The molecule has 0 saturated heterocycles. The van der Waals surface area contributed by atoms with Gasteiger partial charge in [-0.05, 0) is 39.2 Å². The average molecular weight is 215 g/mol. The SMILES string of the molecule is CC(C)(O)CNCC1CCCC1C(=O)O. The third kappa shape index (κ3) is 4.18. The monoisotopic (exact) mass is 215 g/mol. The molecule has 88 valence electrons. The van der Waals surface area contributed by atoms with Gasteiger partial charge >= 0.3 is 5.97 Å². The van der Waals surface area contributed by atoms with Crippen LogP contribution in [0.5, 0.6) is 0 Å². The Hall–Kier alpha value is -0.610. The largest absolute Gasteiger partial charge is 0.481 e. The van der Waals surface area contributed by atoms with Crippen molar-refractivity contribution in [2.75, 3.05) is 13.1 Å². The molecule has 0 aromatic heterocycles. The van der Waals surface area contributed by atoms with E-state index in [1.165, 1.54) is 0 Å². The topological polar surface area (TPSA) is 69.6 Å². The molecule has 3 N–H and O–H groups in total. The summed E-state index contributed by atoms with van der Waals surface area (Å²) in [6, 6.07) is 0. The number of nitrogens with one attached hydrogen (secondary N) is 1. The standard InChI is InChI=1S/C11H21NO3/c1-11(2,15)7-12-6-8-4-3-5-9(8)10(13)14/h8-9,12,15H,3-7H2,1-2H3,(H,13,14). The van der Waals surface area contributed by atoms with Crippen LogP contribution in [-0.2, 0) is 4.79 Å². The Morgan fingerprint density at radius 3 is 2.67 bits per heavy atom. The minimum absolute atomic E-state index is 0.195. The van der Waals surface area contributed by atoms with Gasteiger partial charge in [-0.25, -0.2) is 0 Å². The molecule has 1 saturated carbocycles. The molecule has 15 heavy (non-hydrogen) atoms. The molecule has 4 nitrogen and oxygen atoms in total. The van der Waals surface area contributed by atoms with Gasteiger partial charge in [0.1, 0.15) is 0 Å². The van der Waals surface area contributed by atoms with Crippen molar-refractivity contribution < 1.29 is 15.0 Å². The van der Waals surface area contributed by atoms with Gasteiger partial charge in [0.05, 0.1) is 11.5 Å². The van der Waals surface area contributed by atoms with Crippen LogP contribution in [0.15, 0.2) is 0 Å². The molecule has 0 radical (unpaired) electrons. The highest BCUT2D eigenvalue weighted by atomic mass is 16.4. The molecule has 0 heterocycles. The van der Waals surface area contributed by atoms with E-state index < -0.39 is 11.6 Å². The highest BCUT2D eigenvalue weighted by Gasteiger charge is 2.32. The van der Waals surface area contributed by atoms with E-state index in [0.717, 1.165) is 19.3 Å². The van der Waals surface area contributed by atoms with Crippen molar-refractivity contribution >= 4 is 5.97 Å². The van der Waals surface area contributed by atoms with Gasteiger partial charge in [-0.1, -0.05) is 6.42 Å². The summed E-state index contributed by atoms with van der Waals surface area (Å²) in [5.41, 5.74) is -0.725. The molecule has 1 rings (SSSR count). The van der Waals surface area contributed by atoms with E-state index in [4.69, 9.17) is 5.11 Å². The zero-order valence-electron chi connectivity index (χ0n) is 9.49. The third-order valence-corrected chi connectivity index (χ3v) is 2.94. The van der Waals surface area contributed by atoms with Crippen LogP contribution >= 0.6 is 0 Å². The lowest BCUT2D eigenvalue weighted by atomic mass is 9.96. The summed E-state index contributed by atoms with van der Waals surface area (Å²) < 4.78 is 0. The first-order chi connectivity index (χ1) is 6.90. The Morgan fingerprint density at radius 2 is 2.13 bits per heavy atom. The molecule has 0 aromatic rings. The number of aliphatic hydroxyl groups is 1. The van der Waals surface area contributed by atoms with Crippen molar-refractivity contribution in [2.24, 2.45) is 11.8 Å². The second-order valence-corrected chi connectivity index (χ2v) is 5.08. The lowest BCUT2D eigenvalue weighted by molar-refractivity contribution is -0.142. The highest BCUT2D eigenvalue weighted by Crippen LogP contribution is 2.31. The predicted molar refractivity (Wildman–Crippen MR) is 57.6 cm³/mol. The molecule has 1 aliphatic carbocycles. The fourth-order valence-electron chi connectivity index (χ4n) is 2.17. The minimum atomic E-state index is -0.725. The van der Waals surface area contributed by atoms with Gasteiger partial charge in [0.2, 0.25) is 0 Å². The van der Waals surface area contributed by atoms with Gasteiger partial charge in [-0.3, -0.25) is 4.79 Å². The van der Waals surface area contributed by atoms with E-state index in [0.29, 0.717) is 13.1 Å². The van der Waals surface area contributed by atoms with E-state index in [1.807, 2.05) is 0 Å². The molecule has 0 aromatic carbocycles. The first kappa shape index (κ1) is 12.5. The van der Waals surface area contributed by atoms with Crippen LogP contribution in [0.4, 0.5) is 0 Å². The molecular weight excluding hydrogens is 194 g/mol. The first-order valence-corrected chi connectivity index (χ1v) is 5.56. The van der Waals surface area contributed by atoms with Crippen LogP contribution in [0.1, 0.15) is 33.1 Å². The van der Waals surface area contributed by atoms with Crippen molar-refractivity contribution in [2.45, 2.75) is 38.7 Å². The second-order valence-electron chi connectivity index (χ2n) is 5.08. The quantitative estimate of drug-likeness (QED) is 0.636. The van der Waals surface area contributed by atoms with Crippen LogP contribution in [0.2, 0.25) is 0 Å². The van der Waals surface area contributed by atoms with E-state index in [1.54, 1.807) is 13.8 Å². The summed E-state index contributed by atoms with van der Waals surface area (Å²) in [4.78, 5) is 10.9. The van der Waals surface area contributed by atoms with Gasteiger partial charge in [0.25, 0.3) is 0 Å². The molecule has 0 amide bonds. The van der Waals surface area contributed by atoms with Gasteiger partial charge in [-0.2, -0.15) is 0 Å². The average Bonchev–Trinajstić information content (AvgIpc) is 2.49. The highest BCUT2D eigenvalue weighted by molar-refractivity contribution is 5.70. The Balaban J connectivity index is 2.29. The maximum Gasteiger partial charge on any atom is 0.306 e. The van der Waals surface area contributed by atoms with Crippen molar-refractivity contribution in [1.29, 1.82) is 0 Å². The van der Waals surface area contributed by atoms with Gasteiger partial charge < -0.3 is 15.5 Å². The third-order valence-electron chi connectivity index (χ3n) is 2.94. The number of rotatable bonds is 5. The van der Waals surface area contributed by atoms with Crippen molar-refractivity contribution in [1.82, 2.24) is 5.32 Å². The van der Waals surface area contributed by atoms with Crippen molar-refractivity contribution in [3.8, 4) is 0 Å². The first-order valence-electron chi connectivity index (χ1n) is 5.56. The smallest absolute Gasteiger partial charge is 0.306 e. The zero-order chi connectivity index (χ0) is 11.5.